The summed E-state index contributed by atoms with van der Waals surface area (Å²) < 4.78 is 0. The first-order chi connectivity index (χ1) is 7.18. The van der Waals surface area contributed by atoms with E-state index < -0.39 is 16.1 Å². The van der Waals surface area contributed by atoms with Crippen LogP contribution < -0.4 is 10.4 Å². The second-order valence-corrected chi connectivity index (χ2v) is 16.4. The van der Waals surface area contributed by atoms with E-state index in [1.165, 1.54) is 15.9 Å². The van der Waals surface area contributed by atoms with Crippen molar-refractivity contribution < 1.29 is 0 Å². The molecule has 0 nitrogen and oxygen atoms in total. The second-order valence-electron chi connectivity index (χ2n) is 6.37. The fraction of sp³-hybridized carbons (Fsp3) is 0.429. The molecule has 0 unspecified atom stereocenters. The van der Waals surface area contributed by atoms with Crippen LogP contribution in [0.1, 0.15) is 5.56 Å². The van der Waals surface area contributed by atoms with E-state index in [0.717, 1.165) is 0 Å². The highest BCUT2D eigenvalue weighted by Gasteiger charge is 2.26. The molecule has 1 aromatic rings. The lowest BCUT2D eigenvalue weighted by atomic mass is 10.2. The van der Waals surface area contributed by atoms with Crippen molar-refractivity contribution in [2.45, 2.75) is 39.3 Å². The van der Waals surface area contributed by atoms with Gasteiger partial charge in [-0.3, -0.25) is 0 Å². The molecule has 2 heteroatoms. The molecule has 0 fully saturated rings. The Morgan fingerprint density at radius 1 is 0.875 bits per heavy atom. The molecule has 86 valence electrons. The molecular weight excluding hydrogens is 224 g/mol. The van der Waals surface area contributed by atoms with E-state index in [2.05, 4.69) is 63.4 Å². The summed E-state index contributed by atoms with van der Waals surface area (Å²) in [6.07, 6.45) is 5.74. The minimum absolute atomic E-state index is 1.20. The van der Waals surface area contributed by atoms with Crippen LogP contribution in [0.2, 0.25) is 39.3 Å². The Bertz CT molecular complexity index is 393. The maximum atomic E-state index is 5.74. The summed E-state index contributed by atoms with van der Waals surface area (Å²) in [7, 11) is -2.66. The van der Waals surface area contributed by atoms with Crippen molar-refractivity contribution in [3.8, 4) is 12.3 Å². The van der Waals surface area contributed by atoms with Crippen LogP contribution in [-0.2, 0) is 0 Å². The standard InChI is InChI=1S/C14H22Si2/c1-8-12-13(15(2,3)4)10-9-11-14(12)16(5,6)7/h1,9-11H,2-7H3. The minimum Gasteiger partial charge on any atom is -0.115 e. The molecule has 1 rings (SSSR count). The van der Waals surface area contributed by atoms with Crippen molar-refractivity contribution in [3.63, 3.8) is 0 Å². The van der Waals surface area contributed by atoms with E-state index in [9.17, 15) is 0 Å². The molecule has 0 saturated heterocycles. The summed E-state index contributed by atoms with van der Waals surface area (Å²) in [6, 6.07) is 6.64. The Balaban J connectivity index is 3.53. The normalized spacial score (nSPS) is 12.3. The monoisotopic (exact) mass is 246 g/mol. The van der Waals surface area contributed by atoms with Crippen molar-refractivity contribution in [3.05, 3.63) is 23.8 Å². The lowest BCUT2D eigenvalue weighted by Crippen LogP contribution is -2.48. The first kappa shape index (κ1) is 13.3. The zero-order valence-corrected chi connectivity index (χ0v) is 13.3. The molecule has 0 spiro atoms. The van der Waals surface area contributed by atoms with Crippen molar-refractivity contribution in [1.82, 2.24) is 0 Å². The molecule has 0 aliphatic carbocycles. The van der Waals surface area contributed by atoms with Gasteiger partial charge in [-0.1, -0.05) is 63.4 Å². The molecule has 0 saturated carbocycles. The highest BCUT2D eigenvalue weighted by Crippen LogP contribution is 2.10. The molecule has 0 radical (unpaired) electrons. The smallest absolute Gasteiger partial charge is 0.0792 e. The van der Waals surface area contributed by atoms with E-state index in [-0.39, 0.29) is 0 Å². The lowest BCUT2D eigenvalue weighted by molar-refractivity contribution is 1.63. The summed E-state index contributed by atoms with van der Waals surface area (Å²) in [5.41, 5.74) is 1.20. The Kier molecular flexibility index (Phi) is 3.51. The number of hydrogen-bond acceptors (Lipinski definition) is 0. The number of terminal acetylenes is 1. The van der Waals surface area contributed by atoms with Crippen LogP contribution in [0.5, 0.6) is 0 Å². The zero-order chi connectivity index (χ0) is 12.6. The number of hydrogen-bond donors (Lipinski definition) is 0. The van der Waals surface area contributed by atoms with Gasteiger partial charge in [0.1, 0.15) is 0 Å². The van der Waals surface area contributed by atoms with Crippen LogP contribution in [-0.4, -0.2) is 16.1 Å². The van der Waals surface area contributed by atoms with Gasteiger partial charge in [-0.2, -0.15) is 0 Å². The van der Waals surface area contributed by atoms with Gasteiger partial charge in [-0.15, -0.1) is 6.42 Å². The largest absolute Gasteiger partial charge is 0.115 e. The Morgan fingerprint density at radius 2 is 1.25 bits per heavy atom. The third-order valence-electron chi connectivity index (χ3n) is 2.82. The van der Waals surface area contributed by atoms with Gasteiger partial charge in [0.15, 0.2) is 0 Å². The third-order valence-corrected chi connectivity index (χ3v) is 6.89. The molecule has 0 N–H and O–H groups in total. The molecule has 0 heterocycles. The highest BCUT2D eigenvalue weighted by atomic mass is 28.3. The van der Waals surface area contributed by atoms with E-state index in [1.807, 2.05) is 0 Å². The van der Waals surface area contributed by atoms with Crippen LogP contribution in [0.3, 0.4) is 0 Å². The minimum atomic E-state index is -1.33. The third kappa shape index (κ3) is 2.66. The van der Waals surface area contributed by atoms with Gasteiger partial charge in [-0.05, 0) is 10.4 Å². The Hall–Kier alpha value is -0.786. The van der Waals surface area contributed by atoms with Crippen LogP contribution >= 0.6 is 0 Å². The maximum absolute atomic E-state index is 5.74. The van der Waals surface area contributed by atoms with Gasteiger partial charge in [0.05, 0.1) is 16.1 Å². The maximum Gasteiger partial charge on any atom is 0.0792 e. The zero-order valence-electron chi connectivity index (χ0n) is 11.3. The van der Waals surface area contributed by atoms with Gasteiger partial charge in [0, 0.05) is 5.56 Å². The molecular formula is C14H22Si2. The predicted octanol–water partition coefficient (Wildman–Crippen LogP) is 2.76. The quantitative estimate of drug-likeness (QED) is 0.556. The molecule has 0 atom stereocenters. The van der Waals surface area contributed by atoms with Crippen molar-refractivity contribution in [1.29, 1.82) is 0 Å². The molecule has 0 bridgehead atoms. The second kappa shape index (κ2) is 4.23. The van der Waals surface area contributed by atoms with Crippen molar-refractivity contribution in [2.75, 3.05) is 0 Å². The SMILES string of the molecule is C#Cc1c([Si](C)(C)C)cccc1[Si](C)(C)C. The van der Waals surface area contributed by atoms with Crippen molar-refractivity contribution >= 4 is 26.5 Å². The molecule has 0 amide bonds. The number of rotatable bonds is 2. The molecule has 16 heavy (non-hydrogen) atoms. The van der Waals surface area contributed by atoms with Crippen LogP contribution in [0.15, 0.2) is 18.2 Å². The summed E-state index contributed by atoms with van der Waals surface area (Å²) >= 11 is 0. The Labute approximate surface area is 102 Å². The predicted molar refractivity (Wildman–Crippen MR) is 80.3 cm³/mol. The summed E-state index contributed by atoms with van der Waals surface area (Å²) in [5.74, 6) is 2.95. The van der Waals surface area contributed by atoms with Gasteiger partial charge in [-0.25, -0.2) is 0 Å². The molecule has 0 aliphatic rings. The average Bonchev–Trinajstić information content (AvgIpc) is 2.13. The summed E-state index contributed by atoms with van der Waals surface area (Å²) in [4.78, 5) is 0. The Morgan fingerprint density at radius 3 is 1.50 bits per heavy atom. The number of benzene rings is 1. The van der Waals surface area contributed by atoms with Crippen LogP contribution in [0.25, 0.3) is 0 Å². The van der Waals surface area contributed by atoms with Gasteiger partial charge in [0.25, 0.3) is 0 Å². The van der Waals surface area contributed by atoms with Crippen LogP contribution in [0.4, 0.5) is 0 Å². The lowest BCUT2D eigenvalue weighted by Gasteiger charge is -2.25. The fourth-order valence-corrected chi connectivity index (χ4v) is 5.19. The van der Waals surface area contributed by atoms with E-state index in [0.29, 0.717) is 0 Å². The van der Waals surface area contributed by atoms with E-state index in [4.69, 9.17) is 6.42 Å². The first-order valence-corrected chi connectivity index (χ1v) is 12.8. The van der Waals surface area contributed by atoms with Crippen molar-refractivity contribution in [2.24, 2.45) is 0 Å². The summed E-state index contributed by atoms with van der Waals surface area (Å²) in [6.45, 7) is 14.1. The average molecular weight is 247 g/mol. The topological polar surface area (TPSA) is 0 Å². The molecule has 1 aromatic carbocycles. The van der Waals surface area contributed by atoms with Crippen LogP contribution in [0, 0.1) is 12.3 Å². The van der Waals surface area contributed by atoms with Gasteiger partial charge < -0.3 is 0 Å². The molecule has 0 aromatic heterocycles. The first-order valence-electron chi connectivity index (χ1n) is 5.78. The fourth-order valence-electron chi connectivity index (χ4n) is 1.96. The summed E-state index contributed by atoms with van der Waals surface area (Å²) in [5, 5.41) is 2.88. The van der Waals surface area contributed by atoms with Gasteiger partial charge >= 0.3 is 0 Å². The highest BCUT2D eigenvalue weighted by molar-refractivity contribution is 6.92. The van der Waals surface area contributed by atoms with E-state index >= 15 is 0 Å². The van der Waals surface area contributed by atoms with E-state index in [1.54, 1.807) is 0 Å². The molecule has 0 aliphatic heterocycles. The van der Waals surface area contributed by atoms with Gasteiger partial charge in [0.2, 0.25) is 0 Å².